The third-order valence-electron chi connectivity index (χ3n) is 2.10. The Balaban J connectivity index is 2.18. The molecule has 1 amide bonds. The Bertz CT molecular complexity index is 565. The summed E-state index contributed by atoms with van der Waals surface area (Å²) in [4.78, 5) is 22.9. The molecule has 3 nitrogen and oxygen atoms in total. The van der Waals surface area contributed by atoms with Crippen molar-refractivity contribution >= 4 is 40.8 Å². The van der Waals surface area contributed by atoms with Crippen molar-refractivity contribution in [1.82, 2.24) is 0 Å². The Morgan fingerprint density at radius 2 is 2.18 bits per heavy atom. The molecule has 0 aliphatic heterocycles. The van der Waals surface area contributed by atoms with Crippen LogP contribution in [-0.2, 0) is 0 Å². The van der Waals surface area contributed by atoms with Gasteiger partial charge in [0.05, 0.1) is 5.02 Å². The third-order valence-corrected chi connectivity index (χ3v) is 3.44. The third kappa shape index (κ3) is 2.72. The molecule has 1 heterocycles. The molecule has 0 radical (unpaired) electrons. The molecule has 0 spiro atoms. The monoisotopic (exact) mass is 265 g/mol. The summed E-state index contributed by atoms with van der Waals surface area (Å²) in [7, 11) is 0. The summed E-state index contributed by atoms with van der Waals surface area (Å²) in [6.45, 7) is 0. The van der Waals surface area contributed by atoms with Gasteiger partial charge < -0.3 is 5.32 Å². The standard InChI is InChI=1S/C12H8ClNO2S/c13-10-4-5-17-11(10)12(16)14-9-3-1-2-8(6-9)7-15/h1-7H,(H,14,16). The van der Waals surface area contributed by atoms with Crippen molar-refractivity contribution in [3.63, 3.8) is 0 Å². The Hall–Kier alpha value is -1.65. The van der Waals surface area contributed by atoms with Crippen molar-refractivity contribution in [3.05, 3.63) is 51.2 Å². The highest BCUT2D eigenvalue weighted by molar-refractivity contribution is 7.12. The van der Waals surface area contributed by atoms with Gasteiger partial charge in [0.25, 0.3) is 5.91 Å². The maximum Gasteiger partial charge on any atom is 0.267 e. The SMILES string of the molecule is O=Cc1cccc(NC(=O)c2sccc2Cl)c1. The van der Waals surface area contributed by atoms with E-state index in [-0.39, 0.29) is 5.91 Å². The minimum absolute atomic E-state index is 0.270. The topological polar surface area (TPSA) is 46.2 Å². The molecular weight excluding hydrogens is 258 g/mol. The van der Waals surface area contributed by atoms with Gasteiger partial charge >= 0.3 is 0 Å². The van der Waals surface area contributed by atoms with Gasteiger partial charge in [-0.1, -0.05) is 23.7 Å². The Kier molecular flexibility index (Phi) is 3.56. The van der Waals surface area contributed by atoms with Gasteiger partial charge in [-0.2, -0.15) is 0 Å². The van der Waals surface area contributed by atoms with Gasteiger partial charge in [0.1, 0.15) is 11.2 Å². The Morgan fingerprint density at radius 3 is 2.82 bits per heavy atom. The number of anilines is 1. The molecule has 86 valence electrons. The number of amides is 1. The minimum Gasteiger partial charge on any atom is -0.321 e. The van der Waals surface area contributed by atoms with Crippen LogP contribution < -0.4 is 5.32 Å². The molecule has 0 saturated carbocycles. The average molecular weight is 266 g/mol. The second kappa shape index (κ2) is 5.12. The van der Waals surface area contributed by atoms with Crippen molar-refractivity contribution in [2.24, 2.45) is 0 Å². The predicted octanol–water partition coefficient (Wildman–Crippen LogP) is 3.47. The van der Waals surface area contributed by atoms with E-state index >= 15 is 0 Å². The largest absolute Gasteiger partial charge is 0.321 e. The number of carbonyl (C=O) groups is 2. The summed E-state index contributed by atoms with van der Waals surface area (Å²) in [5.41, 5.74) is 1.09. The normalized spacial score (nSPS) is 9.94. The fourth-order valence-corrected chi connectivity index (χ4v) is 2.37. The van der Waals surface area contributed by atoms with Crippen molar-refractivity contribution in [1.29, 1.82) is 0 Å². The maximum atomic E-state index is 11.8. The number of halogens is 1. The summed E-state index contributed by atoms with van der Waals surface area (Å²) >= 11 is 7.13. The van der Waals surface area contributed by atoms with E-state index in [1.807, 2.05) is 0 Å². The first-order chi connectivity index (χ1) is 8.20. The number of benzene rings is 1. The Morgan fingerprint density at radius 1 is 1.35 bits per heavy atom. The van der Waals surface area contributed by atoms with E-state index in [1.54, 1.807) is 35.7 Å². The summed E-state index contributed by atoms with van der Waals surface area (Å²) in [5.74, 6) is -0.270. The van der Waals surface area contributed by atoms with Crippen LogP contribution in [0.1, 0.15) is 20.0 Å². The molecule has 2 rings (SSSR count). The molecule has 0 fully saturated rings. The number of carbonyl (C=O) groups excluding carboxylic acids is 2. The summed E-state index contributed by atoms with van der Waals surface area (Å²) in [5, 5.41) is 4.87. The summed E-state index contributed by atoms with van der Waals surface area (Å²) in [6, 6.07) is 8.36. The number of hydrogen-bond acceptors (Lipinski definition) is 3. The van der Waals surface area contributed by atoms with E-state index in [2.05, 4.69) is 5.32 Å². The molecule has 2 aromatic rings. The van der Waals surface area contributed by atoms with E-state index in [4.69, 9.17) is 11.6 Å². The van der Waals surface area contributed by atoms with Gasteiger partial charge in [-0.15, -0.1) is 11.3 Å². The second-order valence-corrected chi connectivity index (χ2v) is 4.62. The molecule has 0 aliphatic carbocycles. The van der Waals surface area contributed by atoms with Gasteiger partial charge in [-0.3, -0.25) is 9.59 Å². The molecule has 1 aromatic heterocycles. The van der Waals surface area contributed by atoms with E-state index in [1.165, 1.54) is 11.3 Å². The zero-order valence-electron chi connectivity index (χ0n) is 8.64. The van der Waals surface area contributed by atoms with Crippen molar-refractivity contribution in [3.8, 4) is 0 Å². The van der Waals surface area contributed by atoms with Gasteiger partial charge in [0.15, 0.2) is 0 Å². The van der Waals surface area contributed by atoms with Gasteiger partial charge in [0, 0.05) is 11.3 Å². The van der Waals surface area contributed by atoms with Crippen LogP contribution in [0.15, 0.2) is 35.7 Å². The van der Waals surface area contributed by atoms with Crippen LogP contribution in [0.3, 0.4) is 0 Å². The van der Waals surface area contributed by atoms with E-state index in [0.717, 1.165) is 6.29 Å². The number of nitrogens with one attached hydrogen (secondary N) is 1. The lowest BCUT2D eigenvalue weighted by atomic mass is 10.2. The van der Waals surface area contributed by atoms with Crippen LogP contribution in [-0.4, -0.2) is 12.2 Å². The minimum atomic E-state index is -0.270. The van der Waals surface area contributed by atoms with Crippen LogP contribution in [0, 0.1) is 0 Å². The van der Waals surface area contributed by atoms with Crippen LogP contribution in [0.2, 0.25) is 5.02 Å². The molecule has 1 N–H and O–H groups in total. The molecule has 17 heavy (non-hydrogen) atoms. The first kappa shape index (κ1) is 11.8. The number of aldehydes is 1. The molecule has 0 saturated heterocycles. The second-order valence-electron chi connectivity index (χ2n) is 3.30. The molecule has 0 bridgehead atoms. The summed E-state index contributed by atoms with van der Waals surface area (Å²) < 4.78 is 0. The predicted molar refractivity (Wildman–Crippen MR) is 69.1 cm³/mol. The molecule has 1 aromatic carbocycles. The first-order valence-electron chi connectivity index (χ1n) is 4.80. The maximum absolute atomic E-state index is 11.8. The number of rotatable bonds is 3. The summed E-state index contributed by atoms with van der Waals surface area (Å²) in [6.07, 6.45) is 0.730. The van der Waals surface area contributed by atoms with E-state index in [0.29, 0.717) is 21.2 Å². The average Bonchev–Trinajstić information content (AvgIpc) is 2.76. The van der Waals surface area contributed by atoms with Crippen LogP contribution in [0.25, 0.3) is 0 Å². The Labute approximate surface area is 107 Å². The van der Waals surface area contributed by atoms with Crippen molar-refractivity contribution in [2.45, 2.75) is 0 Å². The molecular formula is C12H8ClNO2S. The molecule has 0 unspecified atom stereocenters. The highest BCUT2D eigenvalue weighted by atomic mass is 35.5. The fourth-order valence-electron chi connectivity index (χ4n) is 1.33. The van der Waals surface area contributed by atoms with Crippen LogP contribution in [0.5, 0.6) is 0 Å². The highest BCUT2D eigenvalue weighted by Gasteiger charge is 2.11. The van der Waals surface area contributed by atoms with Gasteiger partial charge in [-0.05, 0) is 23.6 Å². The quantitative estimate of drug-likeness (QED) is 0.864. The van der Waals surface area contributed by atoms with Crippen molar-refractivity contribution < 1.29 is 9.59 Å². The highest BCUT2D eigenvalue weighted by Crippen LogP contribution is 2.23. The molecule has 0 atom stereocenters. The fraction of sp³-hybridized carbons (Fsp3) is 0. The lowest BCUT2D eigenvalue weighted by molar-refractivity contribution is 0.102. The number of thiophene rings is 1. The molecule has 0 aliphatic rings. The zero-order valence-corrected chi connectivity index (χ0v) is 10.2. The van der Waals surface area contributed by atoms with Gasteiger partial charge in [-0.25, -0.2) is 0 Å². The smallest absolute Gasteiger partial charge is 0.267 e. The van der Waals surface area contributed by atoms with Crippen molar-refractivity contribution in [2.75, 3.05) is 5.32 Å². The van der Waals surface area contributed by atoms with Gasteiger partial charge in [0.2, 0.25) is 0 Å². The van der Waals surface area contributed by atoms with Crippen LogP contribution in [0.4, 0.5) is 5.69 Å². The molecule has 5 heteroatoms. The number of hydrogen-bond donors (Lipinski definition) is 1. The lowest BCUT2D eigenvalue weighted by Gasteiger charge is -2.04. The van der Waals surface area contributed by atoms with E-state index in [9.17, 15) is 9.59 Å². The zero-order chi connectivity index (χ0) is 12.3. The van der Waals surface area contributed by atoms with E-state index < -0.39 is 0 Å². The lowest BCUT2D eigenvalue weighted by Crippen LogP contribution is -2.10. The first-order valence-corrected chi connectivity index (χ1v) is 6.06. The van der Waals surface area contributed by atoms with Crippen LogP contribution >= 0.6 is 22.9 Å².